The summed E-state index contributed by atoms with van der Waals surface area (Å²) in [7, 11) is 0. The number of carbonyl (C=O) groups is 1. The van der Waals surface area contributed by atoms with Crippen molar-refractivity contribution in [2.45, 2.75) is 44.2 Å². The first-order valence-electron chi connectivity index (χ1n) is 9.33. The molecular formula is C20H24N6O. The van der Waals surface area contributed by atoms with Crippen molar-refractivity contribution >= 4 is 17.4 Å². The zero-order valence-electron chi connectivity index (χ0n) is 15.1. The van der Waals surface area contributed by atoms with E-state index in [4.69, 9.17) is 16.6 Å². The summed E-state index contributed by atoms with van der Waals surface area (Å²) in [6.45, 7) is 0. The lowest BCUT2D eigenvalue weighted by molar-refractivity contribution is -0.117. The minimum absolute atomic E-state index is 0.217. The molecule has 7 nitrogen and oxygen atoms in total. The number of benzene rings is 1. The van der Waals surface area contributed by atoms with Gasteiger partial charge in [-0.2, -0.15) is 0 Å². The van der Waals surface area contributed by atoms with Crippen LogP contribution >= 0.6 is 0 Å². The average molecular weight is 364 g/mol. The van der Waals surface area contributed by atoms with Gasteiger partial charge >= 0.3 is 0 Å². The summed E-state index contributed by atoms with van der Waals surface area (Å²) >= 11 is 0. The van der Waals surface area contributed by atoms with Crippen LogP contribution in [0, 0.1) is 0 Å². The minimum Gasteiger partial charge on any atom is -0.369 e. The topological polar surface area (TPSA) is 111 Å². The second-order valence-electron chi connectivity index (χ2n) is 7.23. The number of amides is 1. The summed E-state index contributed by atoms with van der Waals surface area (Å²) in [4.78, 5) is 15.7. The first-order chi connectivity index (χ1) is 13.1. The number of carbonyl (C=O) groups excluding carboxylic acids is 1. The van der Waals surface area contributed by atoms with E-state index in [-0.39, 0.29) is 12.3 Å². The third-order valence-electron chi connectivity index (χ3n) is 5.09. The molecule has 3 aromatic rings. The van der Waals surface area contributed by atoms with Crippen LogP contribution in [0.25, 0.3) is 16.9 Å². The zero-order valence-corrected chi connectivity index (χ0v) is 15.1. The van der Waals surface area contributed by atoms with Crippen molar-refractivity contribution in [1.82, 2.24) is 14.6 Å². The van der Waals surface area contributed by atoms with Crippen LogP contribution in [0.15, 0.2) is 42.6 Å². The van der Waals surface area contributed by atoms with Crippen LogP contribution in [-0.4, -0.2) is 32.6 Å². The number of rotatable bonds is 5. The highest BCUT2D eigenvalue weighted by molar-refractivity contribution is 5.77. The first-order valence-corrected chi connectivity index (χ1v) is 9.33. The minimum atomic E-state index is -0.345. The van der Waals surface area contributed by atoms with Crippen LogP contribution in [0.4, 0.5) is 5.82 Å². The first kappa shape index (κ1) is 17.5. The van der Waals surface area contributed by atoms with Crippen LogP contribution in [0.2, 0.25) is 0 Å². The number of primary amides is 1. The van der Waals surface area contributed by atoms with E-state index in [0.29, 0.717) is 12.1 Å². The van der Waals surface area contributed by atoms with Gasteiger partial charge in [0.2, 0.25) is 5.91 Å². The van der Waals surface area contributed by atoms with Crippen LogP contribution in [0.3, 0.4) is 0 Å². The predicted octanol–water partition coefficient (Wildman–Crippen LogP) is 2.11. The highest BCUT2D eigenvalue weighted by atomic mass is 16.1. The van der Waals surface area contributed by atoms with Crippen molar-refractivity contribution in [3.8, 4) is 11.3 Å². The summed E-state index contributed by atoms with van der Waals surface area (Å²) in [6.07, 6.45) is 6.23. The van der Waals surface area contributed by atoms with Gasteiger partial charge in [0.1, 0.15) is 5.82 Å². The summed E-state index contributed by atoms with van der Waals surface area (Å²) < 4.78 is 1.83. The number of nitrogens with zero attached hydrogens (tertiary/aromatic N) is 3. The molecular weight excluding hydrogens is 340 g/mol. The number of anilines is 1. The molecule has 2 aromatic heterocycles. The lowest BCUT2D eigenvalue weighted by Crippen LogP contribution is -2.33. The maximum Gasteiger partial charge on any atom is 0.221 e. The Bertz CT molecular complexity index is 958. The molecule has 140 valence electrons. The Kier molecular flexibility index (Phi) is 4.77. The summed E-state index contributed by atoms with van der Waals surface area (Å²) in [5.74, 6) is 0.484. The van der Waals surface area contributed by atoms with Gasteiger partial charge in [0.05, 0.1) is 18.3 Å². The Labute approximate surface area is 157 Å². The van der Waals surface area contributed by atoms with E-state index in [2.05, 4.69) is 10.3 Å². The maximum atomic E-state index is 11.2. The number of nitrogens with one attached hydrogen (secondary N) is 1. The third-order valence-corrected chi connectivity index (χ3v) is 5.09. The van der Waals surface area contributed by atoms with Gasteiger partial charge in [-0.1, -0.05) is 18.2 Å². The van der Waals surface area contributed by atoms with E-state index in [0.717, 1.165) is 54.0 Å². The van der Waals surface area contributed by atoms with Crippen molar-refractivity contribution in [3.63, 3.8) is 0 Å². The molecule has 1 amide bonds. The average Bonchev–Trinajstić information content (AvgIpc) is 3.06. The molecule has 0 atom stereocenters. The fourth-order valence-electron chi connectivity index (χ4n) is 3.66. The van der Waals surface area contributed by atoms with Gasteiger partial charge in [0.15, 0.2) is 5.65 Å². The Hall–Kier alpha value is -2.93. The molecule has 2 heterocycles. The quantitative estimate of drug-likeness (QED) is 0.642. The smallest absolute Gasteiger partial charge is 0.221 e. The van der Waals surface area contributed by atoms with Crippen LogP contribution in [0.5, 0.6) is 0 Å². The third kappa shape index (κ3) is 3.93. The van der Waals surface area contributed by atoms with E-state index in [1.165, 1.54) is 0 Å². The van der Waals surface area contributed by atoms with Crippen molar-refractivity contribution in [2.24, 2.45) is 11.5 Å². The molecule has 1 fully saturated rings. The molecule has 0 unspecified atom stereocenters. The summed E-state index contributed by atoms with van der Waals surface area (Å²) in [6, 6.07) is 12.4. The van der Waals surface area contributed by atoms with E-state index in [9.17, 15) is 4.79 Å². The van der Waals surface area contributed by atoms with E-state index in [1.54, 1.807) is 6.20 Å². The molecule has 1 saturated carbocycles. The van der Waals surface area contributed by atoms with Gasteiger partial charge in [-0.05, 0) is 49.4 Å². The van der Waals surface area contributed by atoms with E-state index in [1.807, 2.05) is 40.9 Å². The molecule has 4 rings (SSSR count). The van der Waals surface area contributed by atoms with Gasteiger partial charge in [-0.25, -0.2) is 9.50 Å². The molecule has 5 N–H and O–H groups in total. The highest BCUT2D eigenvalue weighted by Crippen LogP contribution is 2.24. The van der Waals surface area contributed by atoms with Crippen molar-refractivity contribution in [2.75, 3.05) is 5.32 Å². The SMILES string of the molecule is NC(=O)Cc1cccc(-c2cnc3ccc(N[C@H]4CC[C@H](N)CC4)nn23)c1. The summed E-state index contributed by atoms with van der Waals surface area (Å²) in [5.41, 5.74) is 14.8. The molecule has 0 spiro atoms. The second kappa shape index (κ2) is 7.36. The van der Waals surface area contributed by atoms with Gasteiger partial charge < -0.3 is 16.8 Å². The monoisotopic (exact) mass is 364 g/mol. The Morgan fingerprint density at radius 3 is 2.78 bits per heavy atom. The van der Waals surface area contributed by atoms with Crippen molar-refractivity contribution in [1.29, 1.82) is 0 Å². The Morgan fingerprint density at radius 1 is 1.19 bits per heavy atom. The number of nitrogens with two attached hydrogens (primary N) is 2. The molecule has 27 heavy (non-hydrogen) atoms. The number of hydrogen-bond donors (Lipinski definition) is 3. The lowest BCUT2D eigenvalue weighted by Gasteiger charge is -2.27. The largest absolute Gasteiger partial charge is 0.369 e. The fraction of sp³-hybridized carbons (Fsp3) is 0.350. The number of imidazole rings is 1. The normalized spacial score (nSPS) is 19.9. The number of aromatic nitrogens is 3. The van der Waals surface area contributed by atoms with Crippen LogP contribution in [-0.2, 0) is 11.2 Å². The van der Waals surface area contributed by atoms with Crippen LogP contribution < -0.4 is 16.8 Å². The number of fused-ring (bicyclic) bond motifs is 1. The number of hydrogen-bond acceptors (Lipinski definition) is 5. The zero-order chi connectivity index (χ0) is 18.8. The van der Waals surface area contributed by atoms with Gasteiger partial charge in [0.25, 0.3) is 0 Å². The van der Waals surface area contributed by atoms with Crippen LogP contribution in [0.1, 0.15) is 31.2 Å². The van der Waals surface area contributed by atoms with E-state index >= 15 is 0 Å². The standard InChI is InChI=1S/C20H24N6O/c21-15-4-6-16(7-5-15)24-19-8-9-20-23-12-17(26(20)25-19)14-3-1-2-13(10-14)11-18(22)27/h1-3,8-10,12,15-16H,4-7,11,21H2,(H2,22,27)(H,24,25)/t15-,16-. The Morgan fingerprint density at radius 2 is 2.00 bits per heavy atom. The van der Waals surface area contributed by atoms with Gasteiger partial charge in [-0.3, -0.25) is 4.79 Å². The molecule has 0 radical (unpaired) electrons. The molecule has 0 bridgehead atoms. The second-order valence-corrected chi connectivity index (χ2v) is 7.23. The van der Waals surface area contributed by atoms with Gasteiger partial charge in [0, 0.05) is 17.6 Å². The van der Waals surface area contributed by atoms with Crippen molar-refractivity contribution < 1.29 is 4.79 Å². The molecule has 1 aliphatic rings. The predicted molar refractivity (Wildman–Crippen MR) is 105 cm³/mol. The summed E-state index contributed by atoms with van der Waals surface area (Å²) in [5, 5.41) is 8.26. The molecule has 0 saturated heterocycles. The Balaban J connectivity index is 1.61. The van der Waals surface area contributed by atoms with E-state index < -0.39 is 0 Å². The molecule has 1 aromatic carbocycles. The van der Waals surface area contributed by atoms with Crippen molar-refractivity contribution in [3.05, 3.63) is 48.2 Å². The molecule has 0 aliphatic heterocycles. The fourth-order valence-corrected chi connectivity index (χ4v) is 3.66. The molecule has 7 heteroatoms. The maximum absolute atomic E-state index is 11.2. The van der Waals surface area contributed by atoms with Gasteiger partial charge in [-0.15, -0.1) is 5.10 Å². The highest BCUT2D eigenvalue weighted by Gasteiger charge is 2.19. The lowest BCUT2D eigenvalue weighted by atomic mass is 9.92. The molecule has 1 aliphatic carbocycles.